The molecule has 1 aromatic rings. The molecular formula is C6H6BrN3O2. The minimum atomic E-state index is -0.445. The average molecular weight is 232 g/mol. The molecule has 0 unspecified atom stereocenters. The van der Waals surface area contributed by atoms with Gasteiger partial charge in [0.25, 0.3) is 5.69 Å². The number of nitro benzene ring substituents is 1. The lowest BCUT2D eigenvalue weighted by molar-refractivity contribution is -0.384. The number of hydrazine groups is 1. The first kappa shape index (κ1) is 8.95. The van der Waals surface area contributed by atoms with Gasteiger partial charge in [0.05, 0.1) is 10.6 Å². The molecule has 64 valence electrons. The summed E-state index contributed by atoms with van der Waals surface area (Å²) < 4.78 is 2.49. The second-order valence-electron chi connectivity index (χ2n) is 2.03. The highest BCUT2D eigenvalue weighted by Crippen LogP contribution is 2.16. The predicted molar refractivity (Wildman–Crippen MR) is 48.8 cm³/mol. The Morgan fingerprint density at radius 1 is 1.50 bits per heavy atom. The van der Waals surface area contributed by atoms with Crippen LogP contribution in [0.5, 0.6) is 0 Å². The summed E-state index contributed by atoms with van der Waals surface area (Å²) in [6, 6.07) is 6.17. The first-order chi connectivity index (χ1) is 5.74. The van der Waals surface area contributed by atoms with Crippen LogP contribution in [0.4, 0.5) is 11.4 Å². The number of halogens is 1. The minimum Gasteiger partial charge on any atom is -0.311 e. The molecule has 5 nitrogen and oxygen atoms in total. The Hall–Kier alpha value is -1.14. The van der Waals surface area contributed by atoms with Gasteiger partial charge in [-0.25, -0.2) is 0 Å². The van der Waals surface area contributed by atoms with E-state index in [1.807, 2.05) is 0 Å². The summed E-state index contributed by atoms with van der Waals surface area (Å²) in [4.78, 5) is 9.86. The molecule has 0 aromatic heterocycles. The molecule has 2 N–H and O–H groups in total. The summed E-state index contributed by atoms with van der Waals surface area (Å²) in [5, 5.41) is 10.3. The number of hydrogen-bond donors (Lipinski definition) is 2. The molecule has 0 saturated carbocycles. The van der Waals surface area contributed by atoms with Crippen LogP contribution in [0.1, 0.15) is 0 Å². The number of anilines is 1. The summed E-state index contributed by atoms with van der Waals surface area (Å²) in [5.41, 5.74) is 3.35. The van der Waals surface area contributed by atoms with Crippen molar-refractivity contribution in [3.05, 3.63) is 34.4 Å². The maximum atomic E-state index is 10.3. The monoisotopic (exact) mass is 231 g/mol. The predicted octanol–water partition coefficient (Wildman–Crippen LogP) is 1.82. The van der Waals surface area contributed by atoms with E-state index in [0.29, 0.717) is 5.69 Å². The Labute approximate surface area is 77.2 Å². The van der Waals surface area contributed by atoms with Gasteiger partial charge < -0.3 is 5.43 Å². The summed E-state index contributed by atoms with van der Waals surface area (Å²) in [6.45, 7) is 0. The lowest BCUT2D eigenvalue weighted by atomic mass is 10.3. The van der Waals surface area contributed by atoms with Crippen LogP contribution in [0.2, 0.25) is 0 Å². The molecule has 0 amide bonds. The fourth-order valence-corrected chi connectivity index (χ4v) is 0.981. The third-order valence-corrected chi connectivity index (χ3v) is 1.45. The molecule has 0 fully saturated rings. The third-order valence-electron chi connectivity index (χ3n) is 1.25. The van der Waals surface area contributed by atoms with E-state index >= 15 is 0 Å². The number of rotatable bonds is 3. The van der Waals surface area contributed by atoms with E-state index in [-0.39, 0.29) is 5.69 Å². The zero-order chi connectivity index (χ0) is 8.97. The van der Waals surface area contributed by atoms with Crippen molar-refractivity contribution < 1.29 is 4.92 Å². The van der Waals surface area contributed by atoms with E-state index < -0.39 is 4.92 Å². The van der Waals surface area contributed by atoms with E-state index in [1.54, 1.807) is 12.1 Å². The SMILES string of the molecule is O=[N+]([O-])c1cccc(NNBr)c1. The highest BCUT2D eigenvalue weighted by atomic mass is 79.9. The van der Waals surface area contributed by atoms with E-state index in [2.05, 4.69) is 26.0 Å². The molecule has 0 aliphatic rings. The standard InChI is InChI=1S/C6H6BrN3O2/c7-9-8-5-2-1-3-6(4-5)10(11)12/h1-4,8-9H. The lowest BCUT2D eigenvalue weighted by Gasteiger charge is -2.00. The Morgan fingerprint density at radius 3 is 2.83 bits per heavy atom. The topological polar surface area (TPSA) is 67.2 Å². The second-order valence-corrected chi connectivity index (χ2v) is 2.42. The van der Waals surface area contributed by atoms with E-state index in [4.69, 9.17) is 0 Å². The van der Waals surface area contributed by atoms with Gasteiger partial charge in [0.15, 0.2) is 0 Å². The van der Waals surface area contributed by atoms with Crippen LogP contribution in [0.25, 0.3) is 0 Å². The summed E-state index contributed by atoms with van der Waals surface area (Å²) in [5.74, 6) is 0. The summed E-state index contributed by atoms with van der Waals surface area (Å²) >= 11 is 2.92. The first-order valence-electron chi connectivity index (χ1n) is 3.10. The number of nitro groups is 1. The van der Waals surface area contributed by atoms with Gasteiger partial charge in [-0.15, -0.1) is 0 Å². The van der Waals surface area contributed by atoms with Gasteiger partial charge in [0.2, 0.25) is 0 Å². The Balaban J connectivity index is 2.88. The van der Waals surface area contributed by atoms with E-state index in [9.17, 15) is 10.1 Å². The van der Waals surface area contributed by atoms with Crippen LogP contribution in [0.15, 0.2) is 24.3 Å². The van der Waals surface area contributed by atoms with Crippen molar-refractivity contribution in [2.45, 2.75) is 0 Å². The van der Waals surface area contributed by atoms with E-state index in [1.165, 1.54) is 12.1 Å². The van der Waals surface area contributed by atoms with Gasteiger partial charge in [0.1, 0.15) is 0 Å². The van der Waals surface area contributed by atoms with Gasteiger partial charge in [-0.3, -0.25) is 10.1 Å². The molecule has 0 heterocycles. The van der Waals surface area contributed by atoms with Gasteiger partial charge in [-0.05, 0) is 6.07 Å². The van der Waals surface area contributed by atoms with Crippen molar-refractivity contribution in [1.29, 1.82) is 0 Å². The van der Waals surface area contributed by atoms with Crippen molar-refractivity contribution in [1.82, 2.24) is 4.45 Å². The largest absolute Gasteiger partial charge is 0.311 e. The zero-order valence-electron chi connectivity index (χ0n) is 5.95. The van der Waals surface area contributed by atoms with Crippen molar-refractivity contribution in [2.75, 3.05) is 5.43 Å². The van der Waals surface area contributed by atoms with Gasteiger partial charge in [-0.2, -0.15) is 4.45 Å². The highest BCUT2D eigenvalue weighted by Gasteiger charge is 2.03. The van der Waals surface area contributed by atoms with Crippen LogP contribution in [0, 0.1) is 10.1 Å². The van der Waals surface area contributed by atoms with Crippen LogP contribution in [-0.2, 0) is 0 Å². The molecule has 12 heavy (non-hydrogen) atoms. The van der Waals surface area contributed by atoms with Crippen molar-refractivity contribution in [2.24, 2.45) is 0 Å². The summed E-state index contributed by atoms with van der Waals surface area (Å²) in [7, 11) is 0. The molecular weight excluding hydrogens is 226 g/mol. The fraction of sp³-hybridized carbons (Fsp3) is 0. The second kappa shape index (κ2) is 4.03. The van der Waals surface area contributed by atoms with Crippen LogP contribution >= 0.6 is 16.1 Å². The fourth-order valence-electron chi connectivity index (χ4n) is 0.752. The smallest absolute Gasteiger partial charge is 0.271 e. The van der Waals surface area contributed by atoms with Gasteiger partial charge in [0, 0.05) is 28.3 Å². The Morgan fingerprint density at radius 2 is 2.25 bits per heavy atom. The normalized spacial score (nSPS) is 9.42. The molecule has 0 bridgehead atoms. The molecule has 1 aromatic carbocycles. The summed E-state index contributed by atoms with van der Waals surface area (Å²) in [6.07, 6.45) is 0. The molecule has 6 heteroatoms. The van der Waals surface area contributed by atoms with Crippen molar-refractivity contribution >= 4 is 27.5 Å². The number of nitrogens with zero attached hydrogens (tertiary/aromatic N) is 1. The molecule has 0 saturated heterocycles. The van der Waals surface area contributed by atoms with Crippen LogP contribution in [0.3, 0.4) is 0 Å². The number of nitrogens with one attached hydrogen (secondary N) is 2. The van der Waals surface area contributed by atoms with Gasteiger partial charge >= 0.3 is 0 Å². The maximum absolute atomic E-state index is 10.3. The Bertz CT molecular complexity index is 292. The van der Waals surface area contributed by atoms with Crippen molar-refractivity contribution in [3.63, 3.8) is 0 Å². The van der Waals surface area contributed by atoms with Gasteiger partial charge in [-0.1, -0.05) is 6.07 Å². The lowest BCUT2D eigenvalue weighted by Crippen LogP contribution is -2.07. The molecule has 1 rings (SSSR count). The number of non-ortho nitro benzene ring substituents is 1. The molecule has 0 atom stereocenters. The molecule has 0 aliphatic carbocycles. The number of hydrogen-bond acceptors (Lipinski definition) is 4. The quantitative estimate of drug-likeness (QED) is 0.473. The Kier molecular flexibility index (Phi) is 3.01. The van der Waals surface area contributed by atoms with Crippen LogP contribution in [-0.4, -0.2) is 4.92 Å². The molecule has 0 radical (unpaired) electrons. The minimum absolute atomic E-state index is 0.0581. The maximum Gasteiger partial charge on any atom is 0.271 e. The van der Waals surface area contributed by atoms with Crippen LogP contribution < -0.4 is 9.88 Å². The average Bonchev–Trinajstić information content (AvgIpc) is 2.05. The van der Waals surface area contributed by atoms with Crippen molar-refractivity contribution in [3.8, 4) is 0 Å². The zero-order valence-corrected chi connectivity index (χ0v) is 7.54. The number of benzene rings is 1. The third kappa shape index (κ3) is 2.18. The first-order valence-corrected chi connectivity index (χ1v) is 3.89. The van der Waals surface area contributed by atoms with E-state index in [0.717, 1.165) is 0 Å². The molecule has 0 aliphatic heterocycles. The molecule has 0 spiro atoms. The highest BCUT2D eigenvalue weighted by molar-refractivity contribution is 9.08.